The molecule has 6 nitrogen and oxygen atoms in total. The number of hydrogen-bond donors (Lipinski definition) is 1. The van der Waals surface area contributed by atoms with Crippen molar-refractivity contribution in [2.45, 2.75) is 26.0 Å². The molecule has 1 saturated heterocycles. The topological polar surface area (TPSA) is 83.9 Å². The molecule has 0 saturated carbocycles. The van der Waals surface area contributed by atoms with Crippen molar-refractivity contribution in [3.63, 3.8) is 0 Å². The van der Waals surface area contributed by atoms with Crippen molar-refractivity contribution < 1.29 is 24.2 Å². The number of aliphatic hydroxyl groups excluding tert-OH is 1. The van der Waals surface area contributed by atoms with E-state index in [9.17, 15) is 19.5 Å². The number of halogens is 1. The minimum Gasteiger partial charge on any atom is -0.507 e. The van der Waals surface area contributed by atoms with Gasteiger partial charge in [0.2, 0.25) is 0 Å². The first-order valence-electron chi connectivity index (χ1n) is 10.7. The Kier molecular flexibility index (Phi) is 6.52. The monoisotopic (exact) mass is 475 g/mol. The van der Waals surface area contributed by atoms with Crippen LogP contribution in [0.5, 0.6) is 0 Å². The van der Waals surface area contributed by atoms with Gasteiger partial charge in [-0.05, 0) is 55.8 Å². The molecule has 172 valence electrons. The number of nitrogens with zero attached hydrogens (tertiary/aromatic N) is 1. The minimum atomic E-state index is -0.867. The van der Waals surface area contributed by atoms with Crippen LogP contribution in [-0.4, -0.2) is 28.9 Å². The molecule has 0 aliphatic carbocycles. The van der Waals surface area contributed by atoms with E-state index in [0.717, 1.165) is 0 Å². The number of rotatable bonds is 5. The third-order valence-corrected chi connectivity index (χ3v) is 5.62. The summed E-state index contributed by atoms with van der Waals surface area (Å²) in [6.45, 7) is 3.51. The van der Waals surface area contributed by atoms with Crippen LogP contribution in [0.2, 0.25) is 5.02 Å². The molecule has 0 bridgehead atoms. The number of carbonyl (C=O) groups excluding carboxylic acids is 3. The summed E-state index contributed by atoms with van der Waals surface area (Å²) in [6, 6.07) is 20.8. The first-order valence-corrected chi connectivity index (χ1v) is 11.1. The summed E-state index contributed by atoms with van der Waals surface area (Å²) in [5, 5.41) is 11.5. The van der Waals surface area contributed by atoms with Crippen molar-refractivity contribution in [1.29, 1.82) is 0 Å². The Bertz CT molecular complexity index is 1280. The molecular weight excluding hydrogens is 454 g/mol. The lowest BCUT2D eigenvalue weighted by atomic mass is 9.95. The van der Waals surface area contributed by atoms with Crippen LogP contribution in [0.3, 0.4) is 0 Å². The van der Waals surface area contributed by atoms with E-state index < -0.39 is 23.7 Å². The molecular formula is C27H22ClNO5. The highest BCUT2D eigenvalue weighted by molar-refractivity contribution is 6.51. The molecule has 4 rings (SSSR count). The van der Waals surface area contributed by atoms with Gasteiger partial charge in [0.1, 0.15) is 5.76 Å². The molecule has 0 spiro atoms. The van der Waals surface area contributed by atoms with Gasteiger partial charge in [-0.3, -0.25) is 14.5 Å². The van der Waals surface area contributed by atoms with Crippen molar-refractivity contribution >= 4 is 40.7 Å². The zero-order valence-electron chi connectivity index (χ0n) is 18.6. The zero-order valence-corrected chi connectivity index (χ0v) is 19.3. The van der Waals surface area contributed by atoms with E-state index >= 15 is 0 Å². The molecule has 1 fully saturated rings. The average Bonchev–Trinajstić information content (AvgIpc) is 3.09. The van der Waals surface area contributed by atoms with Gasteiger partial charge in [0.15, 0.2) is 0 Å². The van der Waals surface area contributed by atoms with Crippen molar-refractivity contribution in [3.05, 3.63) is 106 Å². The minimum absolute atomic E-state index is 0.0400. The van der Waals surface area contributed by atoms with Gasteiger partial charge in [0.05, 0.1) is 23.3 Å². The molecule has 7 heteroatoms. The van der Waals surface area contributed by atoms with Gasteiger partial charge in [-0.1, -0.05) is 54.1 Å². The van der Waals surface area contributed by atoms with Crippen LogP contribution in [-0.2, 0) is 14.3 Å². The van der Waals surface area contributed by atoms with E-state index in [-0.39, 0.29) is 17.4 Å². The van der Waals surface area contributed by atoms with Gasteiger partial charge in [-0.25, -0.2) is 4.79 Å². The Morgan fingerprint density at radius 2 is 1.62 bits per heavy atom. The largest absolute Gasteiger partial charge is 0.507 e. The highest BCUT2D eigenvalue weighted by Gasteiger charge is 2.46. The van der Waals surface area contributed by atoms with Gasteiger partial charge in [0, 0.05) is 16.3 Å². The summed E-state index contributed by atoms with van der Waals surface area (Å²) in [4.78, 5) is 39.9. The third kappa shape index (κ3) is 4.45. The summed E-state index contributed by atoms with van der Waals surface area (Å²) in [7, 11) is 0. The summed E-state index contributed by atoms with van der Waals surface area (Å²) in [5.74, 6) is -2.39. The Morgan fingerprint density at radius 3 is 2.24 bits per heavy atom. The number of anilines is 1. The maximum atomic E-state index is 13.2. The number of benzene rings is 3. The number of carbonyl (C=O) groups is 3. The van der Waals surface area contributed by atoms with E-state index in [4.69, 9.17) is 16.3 Å². The summed E-state index contributed by atoms with van der Waals surface area (Å²) < 4.78 is 5.21. The highest BCUT2D eigenvalue weighted by Crippen LogP contribution is 2.42. The van der Waals surface area contributed by atoms with Crippen molar-refractivity contribution in [2.24, 2.45) is 0 Å². The molecule has 1 aliphatic heterocycles. The van der Waals surface area contributed by atoms with E-state index in [1.807, 2.05) is 6.07 Å². The normalized spacial score (nSPS) is 17.3. The Labute approximate surface area is 202 Å². The van der Waals surface area contributed by atoms with Crippen molar-refractivity contribution in [1.82, 2.24) is 0 Å². The van der Waals surface area contributed by atoms with E-state index in [1.165, 1.54) is 11.0 Å². The van der Waals surface area contributed by atoms with Crippen LogP contribution in [0.25, 0.3) is 5.76 Å². The molecule has 34 heavy (non-hydrogen) atoms. The number of Topliss-reactive ketones (excluding diaryl/α,β-unsaturated/α-hetero) is 1. The van der Waals surface area contributed by atoms with Crippen LogP contribution in [0.15, 0.2) is 84.4 Å². The Hall–Kier alpha value is -3.90. The quantitative estimate of drug-likeness (QED) is 0.227. The van der Waals surface area contributed by atoms with Gasteiger partial charge >= 0.3 is 5.97 Å². The fraction of sp³-hybridized carbons (Fsp3) is 0.148. The summed E-state index contributed by atoms with van der Waals surface area (Å²) in [6.07, 6.45) is -0.269. The zero-order chi connectivity index (χ0) is 24.4. The van der Waals surface area contributed by atoms with Gasteiger partial charge < -0.3 is 9.84 Å². The average molecular weight is 476 g/mol. The molecule has 1 aliphatic rings. The number of ketones is 1. The molecule has 3 aromatic rings. The van der Waals surface area contributed by atoms with Crippen LogP contribution in [0.1, 0.15) is 41.4 Å². The maximum Gasteiger partial charge on any atom is 0.338 e. The van der Waals surface area contributed by atoms with Crippen LogP contribution >= 0.6 is 11.6 Å². The standard InChI is InChI=1S/C27H22ClNO5/c1-16(2)34-27(33)18-11-13-21(14-12-18)29-23(17-7-4-3-5-8-17)22(25(31)26(29)32)24(30)19-9-6-10-20(28)15-19/h3-16,23,30H,1-2H3/b24-22+. The maximum absolute atomic E-state index is 13.2. The lowest BCUT2D eigenvalue weighted by Crippen LogP contribution is -2.29. The molecule has 3 aromatic carbocycles. The first-order chi connectivity index (χ1) is 16.3. The first kappa shape index (κ1) is 23.3. The second kappa shape index (κ2) is 9.53. The summed E-state index contributed by atoms with van der Waals surface area (Å²) in [5.41, 5.74) is 1.67. The van der Waals surface area contributed by atoms with Crippen molar-refractivity contribution in [3.8, 4) is 0 Å². The fourth-order valence-corrected chi connectivity index (χ4v) is 4.07. The number of hydrogen-bond acceptors (Lipinski definition) is 5. The molecule has 1 atom stereocenters. The second-order valence-electron chi connectivity index (χ2n) is 8.09. The second-order valence-corrected chi connectivity index (χ2v) is 8.53. The molecule has 0 aromatic heterocycles. The lowest BCUT2D eigenvalue weighted by Gasteiger charge is -2.25. The predicted molar refractivity (Wildman–Crippen MR) is 130 cm³/mol. The number of ether oxygens (including phenoxy) is 1. The van der Waals surface area contributed by atoms with Gasteiger partial charge in [-0.15, -0.1) is 0 Å². The van der Waals surface area contributed by atoms with Crippen LogP contribution in [0.4, 0.5) is 5.69 Å². The summed E-state index contributed by atoms with van der Waals surface area (Å²) >= 11 is 6.08. The Morgan fingerprint density at radius 1 is 0.941 bits per heavy atom. The van der Waals surface area contributed by atoms with E-state index in [1.54, 1.807) is 80.6 Å². The van der Waals surface area contributed by atoms with E-state index in [2.05, 4.69) is 0 Å². The fourth-order valence-electron chi connectivity index (χ4n) is 3.88. The number of amides is 1. The molecule has 1 amide bonds. The highest BCUT2D eigenvalue weighted by atomic mass is 35.5. The van der Waals surface area contributed by atoms with E-state index in [0.29, 0.717) is 27.4 Å². The lowest BCUT2D eigenvalue weighted by molar-refractivity contribution is -0.132. The Balaban J connectivity index is 1.83. The predicted octanol–water partition coefficient (Wildman–Crippen LogP) is 5.53. The molecule has 0 radical (unpaired) electrons. The van der Waals surface area contributed by atoms with Crippen molar-refractivity contribution in [2.75, 3.05) is 4.90 Å². The van der Waals surface area contributed by atoms with Crippen LogP contribution < -0.4 is 4.90 Å². The van der Waals surface area contributed by atoms with Crippen LogP contribution in [0, 0.1) is 0 Å². The third-order valence-electron chi connectivity index (χ3n) is 5.38. The number of esters is 1. The van der Waals surface area contributed by atoms with Gasteiger partial charge in [0.25, 0.3) is 11.7 Å². The smallest absolute Gasteiger partial charge is 0.338 e. The van der Waals surface area contributed by atoms with Gasteiger partial charge in [-0.2, -0.15) is 0 Å². The molecule has 1 N–H and O–H groups in total. The number of aliphatic hydroxyl groups is 1. The molecule has 1 unspecified atom stereocenters. The SMILES string of the molecule is CC(C)OC(=O)c1ccc(N2C(=O)C(=O)/C(=C(/O)c3cccc(Cl)c3)C2c2ccccc2)cc1. The molecule has 1 heterocycles.